The zero-order chi connectivity index (χ0) is 23.4. The highest BCUT2D eigenvalue weighted by Crippen LogP contribution is 2.29. The summed E-state index contributed by atoms with van der Waals surface area (Å²) in [4.78, 5) is 30.0. The Morgan fingerprint density at radius 2 is 1.85 bits per heavy atom. The van der Waals surface area contributed by atoms with Gasteiger partial charge in [-0.3, -0.25) is 9.59 Å². The van der Waals surface area contributed by atoms with E-state index in [9.17, 15) is 9.59 Å². The number of pyridine rings is 1. The van der Waals surface area contributed by atoms with Gasteiger partial charge in [0.15, 0.2) is 0 Å². The third-order valence-corrected chi connectivity index (χ3v) is 5.06. The molecule has 0 saturated heterocycles. The van der Waals surface area contributed by atoms with Crippen LogP contribution in [0.5, 0.6) is 11.5 Å². The minimum atomic E-state index is -0.426. The van der Waals surface area contributed by atoms with Crippen LogP contribution in [0.4, 0.5) is 5.69 Å². The summed E-state index contributed by atoms with van der Waals surface area (Å²) in [6, 6.07) is 15.9. The van der Waals surface area contributed by atoms with E-state index >= 15 is 0 Å². The first-order valence-corrected chi connectivity index (χ1v) is 10.1. The number of methoxy groups -OCH3 is 2. The molecule has 0 aliphatic rings. The molecule has 0 unspecified atom stereocenters. The number of amides is 1. The van der Waals surface area contributed by atoms with Gasteiger partial charge in [-0.15, -0.1) is 0 Å². The van der Waals surface area contributed by atoms with E-state index in [2.05, 4.69) is 15.5 Å². The number of nitrogens with one attached hydrogen (secondary N) is 1. The molecule has 0 radical (unpaired) electrons. The van der Waals surface area contributed by atoms with Crippen LogP contribution in [-0.4, -0.2) is 34.8 Å². The Labute approximate surface area is 189 Å². The summed E-state index contributed by atoms with van der Waals surface area (Å²) in [5.41, 5.74) is 2.02. The van der Waals surface area contributed by atoms with Crippen LogP contribution in [0.1, 0.15) is 5.56 Å². The summed E-state index contributed by atoms with van der Waals surface area (Å²) in [5.74, 6) is 1.10. The average Bonchev–Trinajstić information content (AvgIpc) is 3.30. The number of hydrogen-bond donors (Lipinski definition) is 1. The zero-order valence-corrected chi connectivity index (χ0v) is 18.4. The van der Waals surface area contributed by atoms with Gasteiger partial charge in [-0.1, -0.05) is 29.4 Å². The molecule has 9 heteroatoms. The number of benzene rings is 2. The fourth-order valence-electron chi connectivity index (χ4n) is 3.35. The molecule has 0 fully saturated rings. The Hall–Kier alpha value is -4.40. The third kappa shape index (κ3) is 4.62. The van der Waals surface area contributed by atoms with Crippen LogP contribution >= 0.6 is 0 Å². The van der Waals surface area contributed by atoms with Crippen molar-refractivity contribution in [2.24, 2.45) is 0 Å². The molecule has 4 aromatic rings. The third-order valence-electron chi connectivity index (χ3n) is 5.06. The predicted molar refractivity (Wildman–Crippen MR) is 122 cm³/mol. The van der Waals surface area contributed by atoms with Crippen molar-refractivity contribution in [1.29, 1.82) is 0 Å². The van der Waals surface area contributed by atoms with Gasteiger partial charge in [0.2, 0.25) is 11.7 Å². The van der Waals surface area contributed by atoms with E-state index in [1.807, 2.05) is 31.2 Å². The molecule has 2 aromatic carbocycles. The largest absolute Gasteiger partial charge is 0.497 e. The Bertz CT molecular complexity index is 1360. The SMILES string of the molecule is COc1ccc(OC)c(NC(=O)Cn2cccc(-c3nc(-c4ccccc4C)no3)c2=O)c1. The first-order chi connectivity index (χ1) is 16.0. The number of carbonyl (C=O) groups is 1. The summed E-state index contributed by atoms with van der Waals surface area (Å²) in [7, 11) is 3.03. The lowest BCUT2D eigenvalue weighted by molar-refractivity contribution is -0.116. The van der Waals surface area contributed by atoms with E-state index in [-0.39, 0.29) is 18.0 Å². The van der Waals surface area contributed by atoms with Gasteiger partial charge >= 0.3 is 0 Å². The minimum Gasteiger partial charge on any atom is -0.497 e. The van der Waals surface area contributed by atoms with Gasteiger partial charge in [-0.2, -0.15) is 4.98 Å². The quantitative estimate of drug-likeness (QED) is 0.463. The number of rotatable bonds is 7. The number of aryl methyl sites for hydroxylation is 1. The van der Waals surface area contributed by atoms with E-state index in [0.717, 1.165) is 11.1 Å². The van der Waals surface area contributed by atoms with Crippen molar-refractivity contribution in [1.82, 2.24) is 14.7 Å². The zero-order valence-electron chi connectivity index (χ0n) is 18.4. The molecule has 0 atom stereocenters. The van der Waals surface area contributed by atoms with Crippen molar-refractivity contribution >= 4 is 11.6 Å². The maximum atomic E-state index is 13.0. The minimum absolute atomic E-state index is 0.0856. The molecule has 0 aliphatic carbocycles. The smallest absolute Gasteiger partial charge is 0.263 e. The lowest BCUT2D eigenvalue weighted by Gasteiger charge is -2.12. The fraction of sp³-hybridized carbons (Fsp3) is 0.167. The second-order valence-corrected chi connectivity index (χ2v) is 7.21. The number of carbonyl (C=O) groups excluding carboxylic acids is 1. The first-order valence-electron chi connectivity index (χ1n) is 10.1. The van der Waals surface area contributed by atoms with E-state index in [1.165, 1.54) is 25.0 Å². The Morgan fingerprint density at radius 3 is 2.61 bits per heavy atom. The second kappa shape index (κ2) is 9.39. The van der Waals surface area contributed by atoms with Crippen molar-refractivity contribution in [3.8, 4) is 34.3 Å². The summed E-state index contributed by atoms with van der Waals surface area (Å²) >= 11 is 0. The standard InChI is InChI=1S/C24H22N4O5/c1-15-7-4-5-8-17(15)22-26-23(33-27-22)18-9-6-12-28(24(18)30)14-21(29)25-19-13-16(31-2)10-11-20(19)32-3/h4-13H,14H2,1-3H3,(H,25,29). The van der Waals surface area contributed by atoms with E-state index in [0.29, 0.717) is 23.0 Å². The predicted octanol–water partition coefficient (Wildman–Crippen LogP) is 3.53. The van der Waals surface area contributed by atoms with E-state index < -0.39 is 11.5 Å². The lowest BCUT2D eigenvalue weighted by atomic mass is 10.1. The van der Waals surface area contributed by atoms with Gasteiger partial charge in [-0.25, -0.2) is 0 Å². The van der Waals surface area contributed by atoms with Gasteiger partial charge < -0.3 is 23.9 Å². The van der Waals surface area contributed by atoms with Crippen molar-refractivity contribution in [2.45, 2.75) is 13.5 Å². The van der Waals surface area contributed by atoms with E-state index in [4.69, 9.17) is 14.0 Å². The monoisotopic (exact) mass is 446 g/mol. The molecule has 168 valence electrons. The van der Waals surface area contributed by atoms with Gasteiger partial charge in [0, 0.05) is 17.8 Å². The van der Waals surface area contributed by atoms with Crippen LogP contribution in [0, 0.1) is 6.92 Å². The maximum absolute atomic E-state index is 13.0. The fourth-order valence-corrected chi connectivity index (χ4v) is 3.35. The topological polar surface area (TPSA) is 108 Å². The molecule has 2 aromatic heterocycles. The number of nitrogens with zero attached hydrogens (tertiary/aromatic N) is 3. The van der Waals surface area contributed by atoms with Gasteiger partial charge in [-0.05, 0) is 36.8 Å². The van der Waals surface area contributed by atoms with Crippen LogP contribution in [0.15, 0.2) is 70.1 Å². The van der Waals surface area contributed by atoms with Crippen LogP contribution < -0.4 is 20.3 Å². The molecule has 4 rings (SSSR count). The Kier molecular flexibility index (Phi) is 6.21. The number of hydrogen-bond acceptors (Lipinski definition) is 7. The Balaban J connectivity index is 1.57. The number of aromatic nitrogens is 3. The number of anilines is 1. The van der Waals surface area contributed by atoms with Crippen LogP contribution in [0.2, 0.25) is 0 Å². The van der Waals surface area contributed by atoms with Gasteiger partial charge in [0.05, 0.1) is 19.9 Å². The first kappa shape index (κ1) is 21.8. The molecule has 33 heavy (non-hydrogen) atoms. The molecular formula is C24H22N4O5. The molecule has 0 bridgehead atoms. The highest BCUT2D eigenvalue weighted by Gasteiger charge is 2.17. The highest BCUT2D eigenvalue weighted by atomic mass is 16.5. The maximum Gasteiger partial charge on any atom is 0.263 e. The van der Waals surface area contributed by atoms with Crippen LogP contribution in [-0.2, 0) is 11.3 Å². The normalized spacial score (nSPS) is 10.6. The van der Waals surface area contributed by atoms with Crippen molar-refractivity contribution in [3.63, 3.8) is 0 Å². The molecule has 1 amide bonds. The molecule has 1 N–H and O–H groups in total. The highest BCUT2D eigenvalue weighted by molar-refractivity contribution is 5.92. The van der Waals surface area contributed by atoms with Crippen LogP contribution in [0.25, 0.3) is 22.8 Å². The molecule has 0 spiro atoms. The average molecular weight is 446 g/mol. The van der Waals surface area contributed by atoms with Gasteiger partial charge in [0.1, 0.15) is 23.6 Å². The number of ether oxygens (including phenoxy) is 2. The summed E-state index contributed by atoms with van der Waals surface area (Å²) in [6.07, 6.45) is 1.52. The van der Waals surface area contributed by atoms with Crippen molar-refractivity contribution in [3.05, 3.63) is 76.7 Å². The van der Waals surface area contributed by atoms with Crippen molar-refractivity contribution in [2.75, 3.05) is 19.5 Å². The molecule has 0 aliphatic heterocycles. The Morgan fingerprint density at radius 1 is 1.06 bits per heavy atom. The molecule has 9 nitrogen and oxygen atoms in total. The van der Waals surface area contributed by atoms with E-state index in [1.54, 1.807) is 30.3 Å². The van der Waals surface area contributed by atoms with Crippen molar-refractivity contribution < 1.29 is 18.8 Å². The lowest BCUT2D eigenvalue weighted by Crippen LogP contribution is -2.28. The summed E-state index contributed by atoms with van der Waals surface area (Å²) in [6.45, 7) is 1.72. The van der Waals surface area contributed by atoms with Crippen LogP contribution in [0.3, 0.4) is 0 Å². The molecular weight excluding hydrogens is 424 g/mol. The molecule has 0 saturated carbocycles. The summed E-state index contributed by atoms with van der Waals surface area (Å²) in [5, 5.41) is 6.76. The molecule has 2 heterocycles. The second-order valence-electron chi connectivity index (χ2n) is 7.21. The van der Waals surface area contributed by atoms with Gasteiger partial charge in [0.25, 0.3) is 11.4 Å². The summed E-state index contributed by atoms with van der Waals surface area (Å²) < 4.78 is 17.1.